The lowest BCUT2D eigenvalue weighted by Crippen LogP contribution is -2.21. The van der Waals surface area contributed by atoms with Crippen LogP contribution in [0.25, 0.3) is 0 Å². The number of ether oxygens (including phenoxy) is 1. The Morgan fingerprint density at radius 2 is 1.56 bits per heavy atom. The summed E-state index contributed by atoms with van der Waals surface area (Å²) < 4.78 is 63.2. The van der Waals surface area contributed by atoms with Crippen LogP contribution in [0.1, 0.15) is 45.4 Å². The summed E-state index contributed by atoms with van der Waals surface area (Å²) in [5.74, 6) is 0.993. The summed E-state index contributed by atoms with van der Waals surface area (Å²) in [4.78, 5) is 1.28. The van der Waals surface area contributed by atoms with Crippen LogP contribution in [0.2, 0.25) is 0 Å². The van der Waals surface area contributed by atoms with Gasteiger partial charge in [0.1, 0.15) is 5.75 Å². The number of halogens is 4. The van der Waals surface area contributed by atoms with Crippen molar-refractivity contribution in [3.63, 3.8) is 0 Å². The molecule has 0 spiro atoms. The van der Waals surface area contributed by atoms with Gasteiger partial charge in [-0.05, 0) is 30.7 Å². The molecule has 1 rings (SSSR count). The molecule has 0 aromatic heterocycles. The van der Waals surface area contributed by atoms with Gasteiger partial charge in [0.15, 0.2) is 0 Å². The predicted octanol–water partition coefficient (Wildman–Crippen LogP) is 6.26. The highest BCUT2D eigenvalue weighted by Crippen LogP contribution is 2.26. The zero-order chi connectivity index (χ0) is 19.3. The highest BCUT2D eigenvalue weighted by Gasteiger charge is 2.44. The third-order valence-corrected chi connectivity index (χ3v) is 5.53. The minimum absolute atomic E-state index is 0.850. The summed E-state index contributed by atoms with van der Waals surface area (Å²) in [6.45, 7) is 3.10. The van der Waals surface area contributed by atoms with Gasteiger partial charge in [-0.2, -0.15) is 21.6 Å². The summed E-state index contributed by atoms with van der Waals surface area (Å²) in [5, 5.41) is 0. The first-order chi connectivity index (χ1) is 11.6. The fraction of sp³-hybridized carbons (Fsp3) is 0.600. The van der Waals surface area contributed by atoms with Crippen LogP contribution in [-0.4, -0.2) is 25.1 Å². The van der Waals surface area contributed by atoms with Crippen LogP contribution >= 0.6 is 30.1 Å². The topological polar surface area (TPSA) is 63.6 Å². The third kappa shape index (κ3) is 12.7. The van der Waals surface area contributed by atoms with Gasteiger partial charge in [-0.15, -0.1) is 0 Å². The number of benzene rings is 1. The molecule has 0 unspecified atom stereocenters. The maximum Gasteiger partial charge on any atom is 0.522 e. The van der Waals surface area contributed by atoms with Crippen LogP contribution < -0.4 is 4.74 Å². The van der Waals surface area contributed by atoms with E-state index in [9.17, 15) is 13.2 Å². The molecule has 1 aromatic carbocycles. The number of hydrogen-bond donors (Lipinski definition) is 1. The first kappa shape index (κ1) is 24.8. The monoisotopic (exact) mass is 514 g/mol. The van der Waals surface area contributed by atoms with E-state index < -0.39 is 15.6 Å². The number of unbranched alkanes of at least 4 members (excludes halogenated alkanes) is 5. The van der Waals surface area contributed by atoms with E-state index in [1.807, 2.05) is 0 Å². The summed E-state index contributed by atoms with van der Waals surface area (Å²) in [5.41, 5.74) is -5.53. The molecular weight excluding hydrogens is 492 g/mol. The fourth-order valence-electron chi connectivity index (χ4n) is 1.66. The van der Waals surface area contributed by atoms with Gasteiger partial charge in [-0.25, -0.2) is 0 Å². The molecule has 1 N–H and O–H groups in total. The molecule has 0 aliphatic carbocycles. The second-order valence-corrected chi connectivity index (χ2v) is 8.45. The Bertz CT molecular complexity index is 563. The number of hydrogen-bond acceptors (Lipinski definition) is 4. The fourth-order valence-corrected chi connectivity index (χ4v) is 2.78. The quantitative estimate of drug-likeness (QED) is 0.182. The van der Waals surface area contributed by atoms with Crippen molar-refractivity contribution in [1.29, 1.82) is 0 Å². The van der Waals surface area contributed by atoms with Crippen LogP contribution in [0.4, 0.5) is 13.2 Å². The van der Waals surface area contributed by atoms with E-state index in [0.29, 0.717) is 0 Å². The Balaban J connectivity index is 0.000000609. The van der Waals surface area contributed by atoms with Crippen molar-refractivity contribution in [1.82, 2.24) is 0 Å². The Morgan fingerprint density at radius 3 is 2.00 bits per heavy atom. The van der Waals surface area contributed by atoms with E-state index in [4.69, 9.17) is 17.7 Å². The van der Waals surface area contributed by atoms with Gasteiger partial charge in [0.2, 0.25) is 0 Å². The van der Waals surface area contributed by atoms with Crippen LogP contribution in [0.15, 0.2) is 29.2 Å². The van der Waals surface area contributed by atoms with E-state index in [2.05, 4.69) is 52.4 Å². The molecule has 0 atom stereocenters. The van der Waals surface area contributed by atoms with Crippen molar-refractivity contribution >= 4 is 40.3 Å². The van der Waals surface area contributed by atoms with E-state index in [-0.39, 0.29) is 0 Å². The lowest BCUT2D eigenvalue weighted by Gasteiger charge is -2.06. The van der Waals surface area contributed by atoms with E-state index in [1.165, 1.54) is 43.4 Å². The largest absolute Gasteiger partial charge is 0.522 e. The standard InChI is InChI=1S/C14H21IOS.CHF3O3S/c1-2-3-4-5-6-7-12-16-13-8-10-14(17-15)11-9-13;2-1(3,4)8(5,6)7/h8-11H,2-7,12H2,1H3;(H,5,6,7). The number of alkyl halides is 3. The normalized spacial score (nSPS) is 11.6. The molecule has 10 heteroatoms. The molecule has 0 aliphatic rings. The lowest BCUT2D eigenvalue weighted by molar-refractivity contribution is -0.0510. The minimum Gasteiger partial charge on any atom is -0.494 e. The van der Waals surface area contributed by atoms with Gasteiger partial charge >= 0.3 is 15.6 Å². The summed E-state index contributed by atoms with van der Waals surface area (Å²) in [6, 6.07) is 8.32. The van der Waals surface area contributed by atoms with Crippen molar-refractivity contribution < 1.29 is 30.9 Å². The summed E-state index contributed by atoms with van der Waals surface area (Å²) >= 11 is 2.29. The van der Waals surface area contributed by atoms with E-state index in [1.54, 1.807) is 8.93 Å². The summed E-state index contributed by atoms with van der Waals surface area (Å²) in [6.07, 6.45) is 7.88. The Labute approximate surface area is 163 Å². The highest BCUT2D eigenvalue weighted by molar-refractivity contribution is 14.2. The first-order valence-corrected chi connectivity index (χ1v) is 12.5. The van der Waals surface area contributed by atoms with Crippen molar-refractivity contribution in [3.05, 3.63) is 24.3 Å². The van der Waals surface area contributed by atoms with Gasteiger partial charge in [0, 0.05) is 26.1 Å². The van der Waals surface area contributed by atoms with Crippen molar-refractivity contribution in [3.8, 4) is 5.75 Å². The van der Waals surface area contributed by atoms with Crippen LogP contribution in [0.3, 0.4) is 0 Å². The van der Waals surface area contributed by atoms with Gasteiger partial charge in [-0.3, -0.25) is 4.55 Å². The van der Waals surface area contributed by atoms with Gasteiger partial charge in [-0.1, -0.05) is 48.0 Å². The molecule has 0 heterocycles. The molecule has 1 aromatic rings. The van der Waals surface area contributed by atoms with Gasteiger partial charge < -0.3 is 4.74 Å². The highest BCUT2D eigenvalue weighted by atomic mass is 127. The third-order valence-electron chi connectivity index (χ3n) is 2.97. The van der Waals surface area contributed by atoms with Gasteiger partial charge in [0.05, 0.1) is 6.61 Å². The SMILES string of the molecule is CCCCCCCCOc1ccc(SI)cc1.O=S(=O)(O)C(F)(F)F. The molecule has 0 amide bonds. The molecule has 0 saturated heterocycles. The molecule has 4 nitrogen and oxygen atoms in total. The molecular formula is C15H22F3IO4S2. The maximum absolute atomic E-state index is 10.7. The predicted molar refractivity (Wildman–Crippen MR) is 103 cm³/mol. The maximum atomic E-state index is 10.7. The zero-order valence-electron chi connectivity index (χ0n) is 13.8. The smallest absolute Gasteiger partial charge is 0.494 e. The second-order valence-electron chi connectivity index (χ2n) is 5.09. The zero-order valence-corrected chi connectivity index (χ0v) is 17.5. The molecule has 0 aliphatic heterocycles. The Hall–Kier alpha value is -0.200. The van der Waals surface area contributed by atoms with Crippen molar-refractivity contribution in [2.75, 3.05) is 6.61 Å². The second kappa shape index (κ2) is 13.0. The Morgan fingerprint density at radius 1 is 1.08 bits per heavy atom. The van der Waals surface area contributed by atoms with Crippen LogP contribution in [0.5, 0.6) is 5.75 Å². The molecule has 25 heavy (non-hydrogen) atoms. The minimum atomic E-state index is -5.84. The van der Waals surface area contributed by atoms with Gasteiger partial charge in [0.25, 0.3) is 0 Å². The van der Waals surface area contributed by atoms with Crippen molar-refractivity contribution in [2.45, 2.75) is 55.9 Å². The average Bonchev–Trinajstić information content (AvgIpc) is 2.53. The van der Waals surface area contributed by atoms with Crippen molar-refractivity contribution in [2.24, 2.45) is 0 Å². The average molecular weight is 514 g/mol. The van der Waals surface area contributed by atoms with E-state index in [0.717, 1.165) is 12.4 Å². The van der Waals surface area contributed by atoms with Crippen LogP contribution in [0, 0.1) is 0 Å². The van der Waals surface area contributed by atoms with E-state index >= 15 is 0 Å². The Kier molecular flexibility index (Phi) is 12.9. The first-order valence-electron chi connectivity index (χ1n) is 7.67. The number of rotatable bonds is 9. The lowest BCUT2D eigenvalue weighted by atomic mass is 10.1. The molecule has 146 valence electrons. The molecule has 0 fully saturated rings. The molecule has 0 saturated carbocycles. The molecule has 0 radical (unpaired) electrons. The molecule has 0 bridgehead atoms. The van der Waals surface area contributed by atoms with Crippen LogP contribution in [-0.2, 0) is 10.1 Å². The summed E-state index contributed by atoms with van der Waals surface area (Å²) in [7, 11) is -4.11.